The van der Waals surface area contributed by atoms with Crippen molar-refractivity contribution < 1.29 is 9.66 Å². The lowest BCUT2D eigenvalue weighted by Crippen LogP contribution is -2.09. The molecule has 26 heavy (non-hydrogen) atoms. The summed E-state index contributed by atoms with van der Waals surface area (Å²) >= 11 is 6.71. The second-order valence-electron chi connectivity index (χ2n) is 5.63. The van der Waals surface area contributed by atoms with Crippen LogP contribution in [0.1, 0.15) is 16.7 Å². The Bertz CT molecular complexity index is 867. The molecule has 6 nitrogen and oxygen atoms in total. The van der Waals surface area contributed by atoms with Crippen molar-refractivity contribution in [2.75, 3.05) is 0 Å². The maximum Gasteiger partial charge on any atom is 0.272 e. The van der Waals surface area contributed by atoms with E-state index < -0.39 is 4.92 Å². The molecule has 2 N–H and O–H groups in total. The Morgan fingerprint density at radius 1 is 1.31 bits per heavy atom. The highest BCUT2D eigenvalue weighted by molar-refractivity contribution is 8.11. The largest absolute Gasteiger partial charge is 0.433 e. The zero-order valence-electron chi connectivity index (χ0n) is 14.4. The molecule has 0 saturated heterocycles. The van der Waals surface area contributed by atoms with Crippen molar-refractivity contribution in [3.8, 4) is 5.75 Å². The van der Waals surface area contributed by atoms with Crippen LogP contribution >= 0.6 is 23.5 Å². The fourth-order valence-electron chi connectivity index (χ4n) is 2.25. The van der Waals surface area contributed by atoms with Gasteiger partial charge in [-0.05, 0) is 43.2 Å². The molecule has 0 heterocycles. The molecule has 2 aromatic rings. The summed E-state index contributed by atoms with van der Waals surface area (Å²) in [6.45, 7) is 7.29. The summed E-state index contributed by atoms with van der Waals surface area (Å²) in [6.07, 6.45) is 0.517. The number of aliphatic imine (C=N–C) groups is 1. The highest BCUT2D eigenvalue weighted by Crippen LogP contribution is 2.28. The lowest BCUT2D eigenvalue weighted by atomic mass is 10.1. The minimum atomic E-state index is -0.424. The van der Waals surface area contributed by atoms with Crippen molar-refractivity contribution in [2.24, 2.45) is 10.1 Å². The summed E-state index contributed by atoms with van der Waals surface area (Å²) in [5.74, 6) is 0.462. The van der Waals surface area contributed by atoms with E-state index in [-0.39, 0.29) is 10.9 Å². The average molecular weight is 392 g/mol. The van der Waals surface area contributed by atoms with Gasteiger partial charge in [-0.25, -0.2) is 4.99 Å². The van der Waals surface area contributed by atoms with Crippen molar-refractivity contribution in [3.05, 3.63) is 80.5 Å². The monoisotopic (exact) mass is 391 g/mol. The minimum absolute atomic E-state index is 0.0425. The number of hydrogen-bond donors (Lipinski definition) is 1. The molecule has 2 rings (SSSR count). The first-order valence-corrected chi connectivity index (χ1v) is 8.87. The number of benzene rings is 2. The molecule has 0 fully saturated rings. The van der Waals surface area contributed by atoms with E-state index in [1.54, 1.807) is 32.0 Å². The van der Waals surface area contributed by atoms with Crippen molar-refractivity contribution in [2.45, 2.75) is 20.3 Å². The number of nitrogens with zero attached hydrogens (tertiary/aromatic N) is 2. The number of rotatable bonds is 5. The van der Waals surface area contributed by atoms with Crippen LogP contribution in [0.4, 0.5) is 5.69 Å². The topological polar surface area (TPSA) is 90.8 Å². The molecule has 0 saturated carbocycles. The summed E-state index contributed by atoms with van der Waals surface area (Å²) < 4.78 is 5.72. The second-order valence-corrected chi connectivity index (χ2v) is 6.65. The molecule has 0 aliphatic rings. The molecular weight excluding hydrogens is 374 g/mol. The maximum absolute atomic E-state index is 11.0. The average Bonchev–Trinajstić information content (AvgIpc) is 2.58. The van der Waals surface area contributed by atoms with E-state index >= 15 is 0 Å². The SMILES string of the molecule is C=C(Cc1ccc(Cl)cc1)/N=C(/Oc1cc(C)c([N+](=O)[O-])cc1C)SN. The van der Waals surface area contributed by atoms with Gasteiger partial charge in [0, 0.05) is 40.7 Å². The Kier molecular flexibility index (Phi) is 6.79. The molecule has 0 spiro atoms. The molecule has 8 heteroatoms. The van der Waals surface area contributed by atoms with E-state index in [1.165, 1.54) is 6.07 Å². The third-order valence-electron chi connectivity index (χ3n) is 3.56. The third kappa shape index (κ3) is 5.32. The van der Waals surface area contributed by atoms with E-state index in [4.69, 9.17) is 21.5 Å². The number of hydrogen-bond acceptors (Lipinski definition) is 6. The Morgan fingerprint density at radius 2 is 1.96 bits per heavy atom. The van der Waals surface area contributed by atoms with Crippen molar-refractivity contribution in [3.63, 3.8) is 0 Å². The normalized spacial score (nSPS) is 11.3. The molecule has 0 atom stereocenters. The number of nitrogens with two attached hydrogens (primary N) is 1. The van der Waals surface area contributed by atoms with Crippen LogP contribution < -0.4 is 9.88 Å². The van der Waals surface area contributed by atoms with Gasteiger partial charge in [0.25, 0.3) is 10.9 Å². The van der Waals surface area contributed by atoms with Gasteiger partial charge in [0.15, 0.2) is 0 Å². The van der Waals surface area contributed by atoms with Crippen LogP contribution in [0.3, 0.4) is 0 Å². The molecule has 136 valence electrons. The Balaban J connectivity index is 2.16. The summed E-state index contributed by atoms with van der Waals surface area (Å²) in [5.41, 5.74) is 2.73. The third-order valence-corrected chi connectivity index (χ3v) is 4.19. The fraction of sp³-hybridized carbons (Fsp3) is 0.167. The standard InChI is InChI=1S/C18H18ClN3O3S/c1-11-9-17(12(2)8-16(11)22(23)24)25-18(26-20)21-13(3)10-14-4-6-15(19)7-5-14/h4-9H,3,10,20H2,1-2H3/b21-18-. The first-order valence-electron chi connectivity index (χ1n) is 7.61. The zero-order chi connectivity index (χ0) is 19.3. The van der Waals surface area contributed by atoms with Gasteiger partial charge < -0.3 is 4.74 Å². The van der Waals surface area contributed by atoms with Crippen LogP contribution in [-0.2, 0) is 6.42 Å². The predicted molar refractivity (Wildman–Crippen MR) is 107 cm³/mol. The molecule has 0 aliphatic carbocycles. The number of aryl methyl sites for hydroxylation is 2. The number of ether oxygens (including phenoxy) is 1. The lowest BCUT2D eigenvalue weighted by Gasteiger charge is -2.11. The zero-order valence-corrected chi connectivity index (χ0v) is 15.9. The smallest absolute Gasteiger partial charge is 0.272 e. The van der Waals surface area contributed by atoms with Gasteiger partial charge in [-0.3, -0.25) is 15.3 Å². The fourth-order valence-corrected chi connectivity index (χ4v) is 2.70. The van der Waals surface area contributed by atoms with Gasteiger partial charge in [-0.1, -0.05) is 30.3 Å². The molecule has 0 aromatic heterocycles. The predicted octanol–water partition coefficient (Wildman–Crippen LogP) is 4.96. The summed E-state index contributed by atoms with van der Waals surface area (Å²) in [5, 5.41) is 17.5. The molecule has 0 bridgehead atoms. The van der Waals surface area contributed by atoms with Crippen molar-refractivity contribution in [1.82, 2.24) is 0 Å². The van der Waals surface area contributed by atoms with Gasteiger partial charge in [-0.15, -0.1) is 0 Å². The van der Waals surface area contributed by atoms with Gasteiger partial charge in [-0.2, -0.15) is 0 Å². The van der Waals surface area contributed by atoms with E-state index in [9.17, 15) is 10.1 Å². The van der Waals surface area contributed by atoms with Crippen LogP contribution in [0.15, 0.2) is 53.7 Å². The van der Waals surface area contributed by atoms with Crippen LogP contribution in [0.25, 0.3) is 0 Å². The number of halogens is 1. The first-order chi connectivity index (χ1) is 12.3. The Hall–Kier alpha value is -2.35. The number of nitro groups is 1. The van der Waals surface area contributed by atoms with Gasteiger partial charge in [0.2, 0.25) is 0 Å². The summed E-state index contributed by atoms with van der Waals surface area (Å²) in [6, 6.07) is 10.4. The van der Waals surface area contributed by atoms with E-state index in [0.29, 0.717) is 34.0 Å². The second kappa shape index (κ2) is 8.84. The van der Waals surface area contributed by atoms with Gasteiger partial charge >= 0.3 is 0 Å². The first kappa shape index (κ1) is 20.0. The number of nitro benzene ring substituents is 1. The van der Waals surface area contributed by atoms with Crippen LogP contribution in [0.2, 0.25) is 5.02 Å². The van der Waals surface area contributed by atoms with Crippen LogP contribution in [0.5, 0.6) is 5.75 Å². The molecule has 0 unspecified atom stereocenters. The van der Waals surface area contributed by atoms with E-state index in [2.05, 4.69) is 11.6 Å². The summed E-state index contributed by atoms with van der Waals surface area (Å²) in [4.78, 5) is 14.9. The van der Waals surface area contributed by atoms with Crippen molar-refractivity contribution in [1.29, 1.82) is 0 Å². The molecule has 0 aliphatic heterocycles. The molecule has 2 aromatic carbocycles. The molecule has 0 radical (unpaired) electrons. The Morgan fingerprint density at radius 3 is 2.54 bits per heavy atom. The highest BCUT2D eigenvalue weighted by Gasteiger charge is 2.15. The highest BCUT2D eigenvalue weighted by atomic mass is 35.5. The van der Waals surface area contributed by atoms with E-state index in [1.807, 2.05) is 12.1 Å². The number of allylic oxidation sites excluding steroid dienone is 1. The quantitative estimate of drug-likeness (QED) is 0.255. The Labute approximate surface area is 161 Å². The van der Waals surface area contributed by atoms with Gasteiger partial charge in [0.1, 0.15) is 5.75 Å². The van der Waals surface area contributed by atoms with Crippen molar-refractivity contribution >= 4 is 34.5 Å². The van der Waals surface area contributed by atoms with E-state index in [0.717, 1.165) is 17.5 Å². The molecule has 0 amide bonds. The summed E-state index contributed by atoms with van der Waals surface area (Å²) in [7, 11) is 0. The maximum atomic E-state index is 11.0. The van der Waals surface area contributed by atoms with Gasteiger partial charge in [0.05, 0.1) is 4.92 Å². The van der Waals surface area contributed by atoms with Crippen LogP contribution in [-0.4, -0.2) is 10.2 Å². The lowest BCUT2D eigenvalue weighted by molar-refractivity contribution is -0.385. The van der Waals surface area contributed by atoms with Crippen LogP contribution in [0, 0.1) is 24.0 Å². The molecular formula is C18H18ClN3O3S. The minimum Gasteiger partial charge on any atom is -0.433 e.